The number of nitrogens with zero attached hydrogens (tertiary/aromatic N) is 2. The molecule has 1 aromatic carbocycles. The minimum Gasteiger partial charge on any atom is -0.343 e. The first-order valence-electron chi connectivity index (χ1n) is 8.64. The molecule has 0 bridgehead atoms. The van der Waals surface area contributed by atoms with Crippen LogP contribution in [0, 0.1) is 19.8 Å². The molecule has 0 saturated carbocycles. The fourth-order valence-corrected chi connectivity index (χ4v) is 3.25. The molecule has 1 saturated heterocycles. The molecule has 1 aliphatic rings. The Hall–Kier alpha value is -1.84. The monoisotopic (exact) mass is 316 g/mol. The third kappa shape index (κ3) is 3.92. The fraction of sp³-hybridized carbons (Fsp3) is 0.579. The van der Waals surface area contributed by atoms with Gasteiger partial charge in [-0.2, -0.15) is 0 Å². The van der Waals surface area contributed by atoms with Gasteiger partial charge in [0.15, 0.2) is 0 Å². The molecule has 2 rings (SSSR count). The van der Waals surface area contributed by atoms with E-state index in [1.165, 1.54) is 5.56 Å². The largest absolute Gasteiger partial charge is 0.343 e. The summed E-state index contributed by atoms with van der Waals surface area (Å²) in [7, 11) is 0. The van der Waals surface area contributed by atoms with E-state index in [0.717, 1.165) is 30.6 Å². The van der Waals surface area contributed by atoms with Crippen LogP contribution in [0.4, 0.5) is 5.69 Å². The molecule has 4 heteroatoms. The van der Waals surface area contributed by atoms with E-state index in [1.54, 1.807) is 4.90 Å². The highest BCUT2D eigenvalue weighted by molar-refractivity contribution is 6.00. The Morgan fingerprint density at radius 1 is 1.30 bits per heavy atom. The standard InChI is InChI=1S/C19H28N2O2/c1-5-7-10-20(6-2)19(23)16-12-18(22)21(13-16)17-9-8-14(3)11-15(17)4/h8-9,11,16H,5-7,10,12-13H2,1-4H3. The first-order chi connectivity index (χ1) is 11.0. The summed E-state index contributed by atoms with van der Waals surface area (Å²) in [6.07, 6.45) is 2.41. The average Bonchev–Trinajstić information content (AvgIpc) is 2.89. The van der Waals surface area contributed by atoms with Gasteiger partial charge in [0, 0.05) is 31.7 Å². The van der Waals surface area contributed by atoms with Gasteiger partial charge in [-0.15, -0.1) is 0 Å². The second kappa shape index (κ2) is 7.62. The number of amides is 2. The lowest BCUT2D eigenvalue weighted by Gasteiger charge is -2.24. The van der Waals surface area contributed by atoms with Crippen LogP contribution in [0.25, 0.3) is 0 Å². The number of rotatable bonds is 6. The van der Waals surface area contributed by atoms with Crippen LogP contribution >= 0.6 is 0 Å². The molecule has 1 aromatic rings. The van der Waals surface area contributed by atoms with E-state index in [-0.39, 0.29) is 17.7 Å². The van der Waals surface area contributed by atoms with Crippen LogP contribution in [-0.2, 0) is 9.59 Å². The van der Waals surface area contributed by atoms with Gasteiger partial charge < -0.3 is 9.80 Å². The highest BCUT2D eigenvalue weighted by Crippen LogP contribution is 2.29. The maximum absolute atomic E-state index is 12.7. The molecule has 1 fully saturated rings. The maximum atomic E-state index is 12.7. The molecule has 1 aliphatic heterocycles. The normalized spacial score (nSPS) is 17.7. The van der Waals surface area contributed by atoms with Crippen LogP contribution in [0.5, 0.6) is 0 Å². The maximum Gasteiger partial charge on any atom is 0.228 e. The summed E-state index contributed by atoms with van der Waals surface area (Å²) in [4.78, 5) is 28.8. The molecular weight excluding hydrogens is 288 g/mol. The molecule has 0 radical (unpaired) electrons. The number of hydrogen-bond donors (Lipinski definition) is 0. The van der Waals surface area contributed by atoms with Crippen molar-refractivity contribution in [2.75, 3.05) is 24.5 Å². The van der Waals surface area contributed by atoms with E-state index in [0.29, 0.717) is 19.5 Å². The lowest BCUT2D eigenvalue weighted by molar-refractivity contribution is -0.135. The summed E-state index contributed by atoms with van der Waals surface area (Å²) in [5, 5.41) is 0. The number of aryl methyl sites for hydroxylation is 2. The second-order valence-corrected chi connectivity index (χ2v) is 6.47. The number of hydrogen-bond acceptors (Lipinski definition) is 2. The Bertz CT molecular complexity index is 583. The van der Waals surface area contributed by atoms with Crippen molar-refractivity contribution in [3.63, 3.8) is 0 Å². The Balaban J connectivity index is 2.11. The first kappa shape index (κ1) is 17.5. The van der Waals surface area contributed by atoms with E-state index in [2.05, 4.69) is 13.0 Å². The zero-order valence-corrected chi connectivity index (χ0v) is 14.8. The average molecular weight is 316 g/mol. The Labute approximate surface area is 139 Å². The second-order valence-electron chi connectivity index (χ2n) is 6.47. The highest BCUT2D eigenvalue weighted by Gasteiger charge is 2.37. The summed E-state index contributed by atoms with van der Waals surface area (Å²) < 4.78 is 0. The molecule has 2 amide bonds. The van der Waals surface area contributed by atoms with E-state index < -0.39 is 0 Å². The number of unbranched alkanes of at least 4 members (excludes halogenated alkanes) is 1. The predicted molar refractivity (Wildman–Crippen MR) is 93.5 cm³/mol. The molecular formula is C19H28N2O2. The van der Waals surface area contributed by atoms with Crippen LogP contribution in [0.3, 0.4) is 0 Å². The SMILES string of the molecule is CCCCN(CC)C(=O)C1CC(=O)N(c2ccc(C)cc2C)C1. The van der Waals surface area contributed by atoms with Gasteiger partial charge >= 0.3 is 0 Å². The molecule has 4 nitrogen and oxygen atoms in total. The van der Waals surface area contributed by atoms with Gasteiger partial charge in [0.1, 0.15) is 0 Å². The van der Waals surface area contributed by atoms with Crippen LogP contribution in [-0.4, -0.2) is 36.3 Å². The van der Waals surface area contributed by atoms with Crippen molar-refractivity contribution in [3.05, 3.63) is 29.3 Å². The summed E-state index contributed by atoms with van der Waals surface area (Å²) in [5.74, 6) is -0.0246. The van der Waals surface area contributed by atoms with Crippen molar-refractivity contribution in [1.82, 2.24) is 4.90 Å². The van der Waals surface area contributed by atoms with Gasteiger partial charge in [-0.05, 0) is 38.8 Å². The van der Waals surface area contributed by atoms with Crippen molar-refractivity contribution in [1.29, 1.82) is 0 Å². The van der Waals surface area contributed by atoms with Gasteiger partial charge in [-0.3, -0.25) is 9.59 Å². The van der Waals surface area contributed by atoms with Crippen molar-refractivity contribution in [3.8, 4) is 0 Å². The molecule has 23 heavy (non-hydrogen) atoms. The minimum absolute atomic E-state index is 0.0573. The van der Waals surface area contributed by atoms with Gasteiger partial charge in [-0.1, -0.05) is 31.0 Å². The number of benzene rings is 1. The molecule has 1 unspecified atom stereocenters. The van der Waals surface area contributed by atoms with E-state index in [1.807, 2.05) is 37.8 Å². The van der Waals surface area contributed by atoms with Crippen molar-refractivity contribution in [2.24, 2.45) is 5.92 Å². The van der Waals surface area contributed by atoms with E-state index in [9.17, 15) is 9.59 Å². The van der Waals surface area contributed by atoms with E-state index in [4.69, 9.17) is 0 Å². The molecule has 1 heterocycles. The Kier molecular flexibility index (Phi) is 5.80. The van der Waals surface area contributed by atoms with Crippen molar-refractivity contribution < 1.29 is 9.59 Å². The minimum atomic E-state index is -0.208. The van der Waals surface area contributed by atoms with Crippen LogP contribution in [0.15, 0.2) is 18.2 Å². The summed E-state index contributed by atoms with van der Waals surface area (Å²) in [5.41, 5.74) is 3.21. The smallest absolute Gasteiger partial charge is 0.228 e. The zero-order valence-electron chi connectivity index (χ0n) is 14.8. The van der Waals surface area contributed by atoms with Gasteiger partial charge in [-0.25, -0.2) is 0 Å². The molecule has 0 aromatic heterocycles. The predicted octanol–water partition coefficient (Wildman–Crippen LogP) is 3.30. The van der Waals surface area contributed by atoms with Gasteiger partial charge in [0.25, 0.3) is 0 Å². The summed E-state index contributed by atoms with van der Waals surface area (Å²) in [6.45, 7) is 10.2. The fourth-order valence-electron chi connectivity index (χ4n) is 3.25. The van der Waals surface area contributed by atoms with Gasteiger partial charge in [0.05, 0.1) is 5.92 Å². The van der Waals surface area contributed by atoms with Gasteiger partial charge in [0.2, 0.25) is 11.8 Å². The Morgan fingerprint density at radius 3 is 2.65 bits per heavy atom. The van der Waals surface area contributed by atoms with E-state index >= 15 is 0 Å². The number of carbonyl (C=O) groups is 2. The third-order valence-corrected chi connectivity index (χ3v) is 4.59. The molecule has 0 aliphatic carbocycles. The Morgan fingerprint density at radius 2 is 2.04 bits per heavy atom. The summed E-state index contributed by atoms with van der Waals surface area (Å²) >= 11 is 0. The van der Waals surface area contributed by atoms with Crippen LogP contribution in [0.2, 0.25) is 0 Å². The lowest BCUT2D eigenvalue weighted by Crippen LogP contribution is -2.38. The topological polar surface area (TPSA) is 40.6 Å². The third-order valence-electron chi connectivity index (χ3n) is 4.59. The highest BCUT2D eigenvalue weighted by atomic mass is 16.2. The van der Waals surface area contributed by atoms with Crippen LogP contribution < -0.4 is 4.90 Å². The number of anilines is 1. The first-order valence-corrected chi connectivity index (χ1v) is 8.64. The molecule has 1 atom stereocenters. The quantitative estimate of drug-likeness (QED) is 0.808. The van der Waals surface area contributed by atoms with Crippen molar-refractivity contribution >= 4 is 17.5 Å². The molecule has 0 spiro atoms. The zero-order chi connectivity index (χ0) is 17.0. The molecule has 126 valence electrons. The van der Waals surface area contributed by atoms with Crippen LogP contribution in [0.1, 0.15) is 44.2 Å². The lowest BCUT2D eigenvalue weighted by atomic mass is 10.1. The summed E-state index contributed by atoms with van der Waals surface area (Å²) in [6, 6.07) is 6.09. The molecule has 0 N–H and O–H groups in total. The number of carbonyl (C=O) groups excluding carboxylic acids is 2. The van der Waals surface area contributed by atoms with Crippen molar-refractivity contribution in [2.45, 2.75) is 47.0 Å².